The lowest BCUT2D eigenvalue weighted by molar-refractivity contribution is -0.384. The molecule has 7 nitrogen and oxygen atoms in total. The van der Waals surface area contributed by atoms with Crippen LogP contribution in [-0.2, 0) is 14.9 Å². The fourth-order valence-electron chi connectivity index (χ4n) is 2.64. The number of amides is 1. The molecule has 7 heteroatoms. The summed E-state index contributed by atoms with van der Waals surface area (Å²) in [6.07, 6.45) is 0. The molecule has 1 atom stereocenters. The largest absolute Gasteiger partial charge is 0.395 e. The van der Waals surface area contributed by atoms with Gasteiger partial charge in [0.1, 0.15) is 5.41 Å². The van der Waals surface area contributed by atoms with Crippen LogP contribution in [0.4, 0.5) is 11.4 Å². The number of likely N-dealkylation sites (N-methyl/N-ethyl adjacent to an activating group) is 1. The Hall–Kier alpha value is -1.99. The molecule has 0 aromatic heterocycles. The summed E-state index contributed by atoms with van der Waals surface area (Å²) in [5.41, 5.74) is -0.327. The Balaban J connectivity index is 2.66. The van der Waals surface area contributed by atoms with Crippen molar-refractivity contribution in [2.24, 2.45) is 0 Å². The normalized spacial score (nSPS) is 21.1. The van der Waals surface area contributed by atoms with Crippen LogP contribution in [0.3, 0.4) is 0 Å². The molecular formula is C13H16N2O5. The smallest absolute Gasteiger partial charge is 0.269 e. The van der Waals surface area contributed by atoms with Crippen molar-refractivity contribution in [2.45, 2.75) is 12.3 Å². The van der Waals surface area contributed by atoms with Crippen molar-refractivity contribution < 1.29 is 19.6 Å². The molecule has 108 valence electrons. The summed E-state index contributed by atoms with van der Waals surface area (Å²) in [5.74, 6) is -0.292. The standard InChI is InChI=1S/C13H16N2O5/c1-3-14-11-5-4-9(15(18)19)6-10(11)13(7-16,8-20-2)12(14)17/h4-6,16H,3,7-8H2,1-2H3. The number of nitro groups is 1. The van der Waals surface area contributed by atoms with E-state index in [-0.39, 0.29) is 18.2 Å². The van der Waals surface area contributed by atoms with Gasteiger partial charge in [-0.05, 0) is 13.0 Å². The number of carbonyl (C=O) groups excluding carboxylic acids is 1. The van der Waals surface area contributed by atoms with Crippen molar-refractivity contribution in [1.82, 2.24) is 0 Å². The summed E-state index contributed by atoms with van der Waals surface area (Å²) in [4.78, 5) is 24.4. The molecule has 1 amide bonds. The predicted molar refractivity (Wildman–Crippen MR) is 71.8 cm³/mol. The van der Waals surface area contributed by atoms with E-state index in [4.69, 9.17) is 4.74 Å². The second kappa shape index (κ2) is 5.18. The monoisotopic (exact) mass is 280 g/mol. The van der Waals surface area contributed by atoms with E-state index in [1.165, 1.54) is 24.1 Å². The minimum Gasteiger partial charge on any atom is -0.395 e. The third kappa shape index (κ3) is 1.86. The maximum atomic E-state index is 12.5. The molecule has 1 aromatic rings. The lowest BCUT2D eigenvalue weighted by Crippen LogP contribution is -2.46. The lowest BCUT2D eigenvalue weighted by Gasteiger charge is -2.25. The molecule has 1 unspecified atom stereocenters. The molecular weight excluding hydrogens is 264 g/mol. The number of nitrogens with zero attached hydrogens (tertiary/aromatic N) is 2. The number of rotatable bonds is 5. The summed E-state index contributed by atoms with van der Waals surface area (Å²) in [7, 11) is 1.43. The van der Waals surface area contributed by atoms with Gasteiger partial charge in [-0.1, -0.05) is 0 Å². The topological polar surface area (TPSA) is 92.9 Å². The summed E-state index contributed by atoms with van der Waals surface area (Å²) in [6.45, 7) is 1.76. The van der Waals surface area contributed by atoms with E-state index in [1.807, 2.05) is 6.92 Å². The molecule has 0 saturated carbocycles. The van der Waals surface area contributed by atoms with Crippen LogP contribution in [-0.4, -0.2) is 42.8 Å². The molecule has 1 aromatic carbocycles. The zero-order valence-corrected chi connectivity index (χ0v) is 11.3. The minimum atomic E-state index is -1.26. The first-order chi connectivity index (χ1) is 9.51. The van der Waals surface area contributed by atoms with Gasteiger partial charge in [0.05, 0.1) is 18.1 Å². The van der Waals surface area contributed by atoms with E-state index in [2.05, 4.69) is 0 Å². The van der Waals surface area contributed by atoms with E-state index in [0.717, 1.165) is 0 Å². The Morgan fingerprint density at radius 3 is 2.70 bits per heavy atom. The number of methoxy groups -OCH3 is 1. The average molecular weight is 280 g/mol. The predicted octanol–water partition coefficient (Wildman–Crippen LogP) is 0.838. The molecule has 1 aliphatic rings. The first-order valence-electron chi connectivity index (χ1n) is 6.22. The van der Waals surface area contributed by atoms with Crippen LogP contribution in [0.2, 0.25) is 0 Å². The van der Waals surface area contributed by atoms with E-state index >= 15 is 0 Å². The van der Waals surface area contributed by atoms with E-state index in [1.54, 1.807) is 6.07 Å². The second-order valence-electron chi connectivity index (χ2n) is 4.68. The van der Waals surface area contributed by atoms with E-state index < -0.39 is 16.9 Å². The van der Waals surface area contributed by atoms with E-state index in [9.17, 15) is 20.0 Å². The van der Waals surface area contributed by atoms with Crippen molar-refractivity contribution in [1.29, 1.82) is 0 Å². The first-order valence-corrected chi connectivity index (χ1v) is 6.22. The molecule has 1 N–H and O–H groups in total. The maximum absolute atomic E-state index is 12.5. The number of nitro benzene ring substituents is 1. The highest BCUT2D eigenvalue weighted by atomic mass is 16.6. The van der Waals surface area contributed by atoms with Crippen molar-refractivity contribution in [3.05, 3.63) is 33.9 Å². The quantitative estimate of drug-likeness (QED) is 0.637. The third-order valence-corrected chi connectivity index (χ3v) is 3.63. The fourth-order valence-corrected chi connectivity index (χ4v) is 2.64. The molecule has 1 aliphatic heterocycles. The lowest BCUT2D eigenvalue weighted by atomic mass is 9.83. The van der Waals surface area contributed by atoms with Crippen molar-refractivity contribution in [3.63, 3.8) is 0 Å². The SMILES string of the molecule is CCN1C(=O)C(CO)(COC)c2cc([N+](=O)[O-])ccc21. The van der Waals surface area contributed by atoms with Gasteiger partial charge >= 0.3 is 0 Å². The molecule has 20 heavy (non-hydrogen) atoms. The number of anilines is 1. The number of non-ortho nitro benzene ring substituents is 1. The van der Waals surface area contributed by atoms with Crippen LogP contribution in [0.15, 0.2) is 18.2 Å². The second-order valence-corrected chi connectivity index (χ2v) is 4.68. The van der Waals surface area contributed by atoms with Gasteiger partial charge in [-0.15, -0.1) is 0 Å². The zero-order chi connectivity index (χ0) is 14.9. The number of carbonyl (C=O) groups is 1. The van der Waals surface area contributed by atoms with Gasteiger partial charge in [-0.3, -0.25) is 14.9 Å². The van der Waals surface area contributed by atoms with E-state index in [0.29, 0.717) is 17.8 Å². The van der Waals surface area contributed by atoms with Crippen molar-refractivity contribution in [3.8, 4) is 0 Å². The van der Waals surface area contributed by atoms with Crippen molar-refractivity contribution >= 4 is 17.3 Å². The van der Waals surface area contributed by atoms with Crippen LogP contribution in [0.25, 0.3) is 0 Å². The van der Waals surface area contributed by atoms with Crippen LogP contribution in [0.5, 0.6) is 0 Å². The molecule has 0 radical (unpaired) electrons. The first kappa shape index (κ1) is 14.4. The Morgan fingerprint density at radius 2 is 2.20 bits per heavy atom. The highest BCUT2D eigenvalue weighted by molar-refractivity contribution is 6.08. The van der Waals surface area contributed by atoms with Gasteiger partial charge < -0.3 is 14.7 Å². The highest BCUT2D eigenvalue weighted by Crippen LogP contribution is 2.43. The van der Waals surface area contributed by atoms with Gasteiger partial charge in [0.2, 0.25) is 5.91 Å². The van der Waals surface area contributed by atoms with Gasteiger partial charge in [0.15, 0.2) is 0 Å². The molecule has 0 saturated heterocycles. The fraction of sp³-hybridized carbons (Fsp3) is 0.462. The number of hydrogen-bond acceptors (Lipinski definition) is 5. The number of fused-ring (bicyclic) bond motifs is 1. The molecule has 0 aliphatic carbocycles. The Labute approximate surface area is 115 Å². The molecule has 0 spiro atoms. The Morgan fingerprint density at radius 1 is 1.50 bits per heavy atom. The summed E-state index contributed by atoms with van der Waals surface area (Å²) < 4.78 is 5.06. The Bertz CT molecular complexity index is 560. The zero-order valence-electron chi connectivity index (χ0n) is 11.3. The molecule has 0 bridgehead atoms. The summed E-state index contributed by atoms with van der Waals surface area (Å²) >= 11 is 0. The highest BCUT2D eigenvalue weighted by Gasteiger charge is 2.51. The van der Waals surface area contributed by atoms with Crippen LogP contribution >= 0.6 is 0 Å². The van der Waals surface area contributed by atoms with Gasteiger partial charge in [0, 0.05) is 37.0 Å². The van der Waals surface area contributed by atoms with Crippen LogP contribution in [0.1, 0.15) is 12.5 Å². The van der Waals surface area contributed by atoms with Crippen LogP contribution < -0.4 is 4.90 Å². The number of aliphatic hydroxyl groups excluding tert-OH is 1. The van der Waals surface area contributed by atoms with Gasteiger partial charge in [-0.2, -0.15) is 0 Å². The maximum Gasteiger partial charge on any atom is 0.269 e. The van der Waals surface area contributed by atoms with Gasteiger partial charge in [0.25, 0.3) is 5.69 Å². The minimum absolute atomic E-state index is 0.0208. The number of benzene rings is 1. The Kier molecular flexibility index (Phi) is 3.74. The number of ether oxygens (including phenoxy) is 1. The summed E-state index contributed by atoms with van der Waals surface area (Å²) in [6, 6.07) is 4.25. The van der Waals surface area contributed by atoms with Gasteiger partial charge in [-0.25, -0.2) is 0 Å². The van der Waals surface area contributed by atoms with Crippen molar-refractivity contribution in [2.75, 3.05) is 31.8 Å². The number of hydrogen-bond donors (Lipinski definition) is 1. The number of aliphatic hydroxyl groups is 1. The third-order valence-electron chi connectivity index (χ3n) is 3.63. The average Bonchev–Trinajstić information content (AvgIpc) is 2.68. The summed E-state index contributed by atoms with van der Waals surface area (Å²) in [5, 5.41) is 20.6. The molecule has 0 fully saturated rings. The molecule has 1 heterocycles. The van der Waals surface area contributed by atoms with Crippen LogP contribution in [0, 0.1) is 10.1 Å². The molecule has 2 rings (SSSR count).